The van der Waals surface area contributed by atoms with Crippen LogP contribution < -0.4 is 0 Å². The molecule has 5 heteroatoms. The van der Waals surface area contributed by atoms with Gasteiger partial charge in [0.15, 0.2) is 10.9 Å². The molecule has 2 aliphatic rings. The van der Waals surface area contributed by atoms with Crippen LogP contribution in [0.3, 0.4) is 0 Å². The van der Waals surface area contributed by atoms with Gasteiger partial charge < -0.3 is 10.0 Å². The predicted molar refractivity (Wildman–Crippen MR) is 115 cm³/mol. The number of aliphatic imine (C=N–C) groups is 1. The monoisotopic (exact) mass is 432 g/mol. The molecule has 1 saturated heterocycles. The Morgan fingerprint density at radius 3 is 2.62 bits per heavy atom. The molecule has 1 fully saturated rings. The summed E-state index contributed by atoms with van der Waals surface area (Å²) in [5.41, 5.74) is 2.55. The van der Waals surface area contributed by atoms with Crippen molar-refractivity contribution in [3.8, 4) is 0 Å². The van der Waals surface area contributed by atoms with Gasteiger partial charge in [0.1, 0.15) is 0 Å². The zero-order valence-corrected chi connectivity index (χ0v) is 17.5. The topological polar surface area (TPSA) is 35.8 Å². The number of aryl methyl sites for hydroxylation is 2. The van der Waals surface area contributed by atoms with E-state index in [0.29, 0.717) is 0 Å². The standard InChI is InChI=1S/C21H24N2OS.BrH/c1-16-8-11-18(12-9-16)21(24)19(13-10-17-6-3-2-4-7-17)25-20-22-14-5-15-23(20)21;/h2-4,6-9,11-12,19,24H,5,10,13-15H2,1H3;1H. The van der Waals surface area contributed by atoms with Gasteiger partial charge in [0.25, 0.3) is 0 Å². The summed E-state index contributed by atoms with van der Waals surface area (Å²) in [5.74, 6) is 0. The fourth-order valence-electron chi connectivity index (χ4n) is 3.73. The molecule has 3 nitrogen and oxygen atoms in total. The van der Waals surface area contributed by atoms with Crippen LogP contribution in [0.25, 0.3) is 0 Å². The largest absolute Gasteiger partial charge is 0.366 e. The number of halogens is 1. The van der Waals surface area contributed by atoms with Crippen molar-refractivity contribution in [1.29, 1.82) is 0 Å². The van der Waals surface area contributed by atoms with Crippen molar-refractivity contribution in [2.24, 2.45) is 4.99 Å². The Balaban J connectivity index is 0.00000196. The molecule has 0 radical (unpaired) electrons. The maximum absolute atomic E-state index is 11.8. The highest BCUT2D eigenvalue weighted by atomic mass is 79.9. The number of aliphatic hydroxyl groups is 1. The van der Waals surface area contributed by atoms with E-state index in [1.807, 2.05) is 6.07 Å². The number of hydrogen-bond donors (Lipinski definition) is 1. The number of benzene rings is 2. The molecule has 0 saturated carbocycles. The SMILES string of the molecule is Br.Cc1ccc(C2(O)C(CCc3ccccc3)SC3=NCCCN32)cc1. The third kappa shape index (κ3) is 3.57. The van der Waals surface area contributed by atoms with Crippen LogP contribution in [-0.2, 0) is 12.1 Å². The summed E-state index contributed by atoms with van der Waals surface area (Å²) < 4.78 is 0. The molecule has 2 aromatic carbocycles. The molecule has 4 rings (SSSR count). The Hall–Kier alpha value is -1.30. The summed E-state index contributed by atoms with van der Waals surface area (Å²) in [7, 11) is 0. The Kier molecular flexibility index (Phi) is 6.10. The second-order valence-corrected chi connectivity index (χ2v) is 8.06. The van der Waals surface area contributed by atoms with E-state index in [4.69, 9.17) is 0 Å². The second kappa shape index (κ2) is 8.15. The first kappa shape index (κ1) is 19.5. The number of hydrogen-bond acceptors (Lipinski definition) is 4. The molecule has 2 aliphatic heterocycles. The van der Waals surface area contributed by atoms with Gasteiger partial charge in [0, 0.05) is 18.7 Å². The molecule has 2 unspecified atom stereocenters. The molecular formula is C21H25BrN2OS. The van der Waals surface area contributed by atoms with Gasteiger partial charge in [-0.15, -0.1) is 17.0 Å². The Morgan fingerprint density at radius 2 is 1.88 bits per heavy atom. The summed E-state index contributed by atoms with van der Waals surface area (Å²) in [4.78, 5) is 6.81. The number of nitrogens with zero attached hydrogens (tertiary/aromatic N) is 2. The predicted octanol–water partition coefficient (Wildman–Crippen LogP) is 4.53. The lowest BCUT2D eigenvalue weighted by molar-refractivity contribution is -0.0735. The van der Waals surface area contributed by atoms with Crippen LogP contribution >= 0.6 is 28.7 Å². The minimum Gasteiger partial charge on any atom is -0.366 e. The summed E-state index contributed by atoms with van der Waals surface area (Å²) >= 11 is 1.75. The van der Waals surface area contributed by atoms with Crippen LogP contribution in [0.15, 0.2) is 59.6 Å². The summed E-state index contributed by atoms with van der Waals surface area (Å²) in [6, 6.07) is 18.9. The van der Waals surface area contributed by atoms with Crippen LogP contribution in [0.1, 0.15) is 29.5 Å². The molecule has 1 N–H and O–H groups in total. The second-order valence-electron chi connectivity index (χ2n) is 6.89. The molecule has 26 heavy (non-hydrogen) atoms. The van der Waals surface area contributed by atoms with E-state index in [1.165, 1.54) is 11.1 Å². The van der Waals surface area contributed by atoms with Crippen LogP contribution in [0.5, 0.6) is 0 Å². The van der Waals surface area contributed by atoms with E-state index in [1.54, 1.807) is 11.8 Å². The highest BCUT2D eigenvalue weighted by molar-refractivity contribution is 8.93. The molecule has 2 aromatic rings. The van der Waals surface area contributed by atoms with Crippen LogP contribution in [-0.4, -0.2) is 33.5 Å². The van der Waals surface area contributed by atoms with E-state index in [0.717, 1.165) is 43.1 Å². The van der Waals surface area contributed by atoms with Gasteiger partial charge in [0.2, 0.25) is 0 Å². The van der Waals surface area contributed by atoms with Gasteiger partial charge in [0.05, 0.1) is 5.25 Å². The van der Waals surface area contributed by atoms with E-state index in [-0.39, 0.29) is 22.2 Å². The fraction of sp³-hybridized carbons (Fsp3) is 0.381. The normalized spacial score (nSPS) is 24.6. The molecule has 0 aliphatic carbocycles. The van der Waals surface area contributed by atoms with Crippen molar-refractivity contribution < 1.29 is 5.11 Å². The maximum atomic E-state index is 11.8. The van der Waals surface area contributed by atoms with Crippen molar-refractivity contribution in [1.82, 2.24) is 4.90 Å². The summed E-state index contributed by atoms with van der Waals surface area (Å²) in [6.07, 6.45) is 2.89. The van der Waals surface area contributed by atoms with Crippen LogP contribution in [0.2, 0.25) is 0 Å². The molecule has 2 heterocycles. The Morgan fingerprint density at radius 1 is 1.15 bits per heavy atom. The quantitative estimate of drug-likeness (QED) is 0.770. The first-order valence-electron chi connectivity index (χ1n) is 9.00. The van der Waals surface area contributed by atoms with E-state index < -0.39 is 5.72 Å². The third-order valence-corrected chi connectivity index (χ3v) is 6.55. The average molecular weight is 433 g/mol. The number of rotatable bonds is 4. The minimum atomic E-state index is -0.966. The zero-order valence-electron chi connectivity index (χ0n) is 15.0. The average Bonchev–Trinajstić information content (AvgIpc) is 2.95. The first-order valence-corrected chi connectivity index (χ1v) is 9.88. The number of fused-ring (bicyclic) bond motifs is 1. The van der Waals surface area contributed by atoms with Gasteiger partial charge in [-0.25, -0.2) is 0 Å². The highest BCUT2D eigenvalue weighted by Gasteiger charge is 2.52. The first-order chi connectivity index (χ1) is 12.2. The van der Waals surface area contributed by atoms with Crippen molar-refractivity contribution in [3.63, 3.8) is 0 Å². The minimum absolute atomic E-state index is 0. The van der Waals surface area contributed by atoms with Crippen molar-refractivity contribution >= 4 is 33.9 Å². The Labute approximate surface area is 170 Å². The van der Waals surface area contributed by atoms with Gasteiger partial charge in [-0.1, -0.05) is 71.9 Å². The van der Waals surface area contributed by atoms with Crippen molar-refractivity contribution in [3.05, 3.63) is 71.3 Å². The zero-order chi connectivity index (χ0) is 17.3. The molecule has 0 spiro atoms. The molecule has 0 aromatic heterocycles. The fourth-order valence-corrected chi connectivity index (χ4v) is 5.17. The van der Waals surface area contributed by atoms with E-state index >= 15 is 0 Å². The Bertz CT molecular complexity index is 765. The third-order valence-electron chi connectivity index (χ3n) is 5.14. The van der Waals surface area contributed by atoms with Crippen LogP contribution in [0.4, 0.5) is 0 Å². The molecule has 138 valence electrons. The molecule has 2 atom stereocenters. The molecule has 0 amide bonds. The van der Waals surface area contributed by atoms with Crippen molar-refractivity contribution in [2.75, 3.05) is 13.1 Å². The van der Waals surface area contributed by atoms with Crippen LogP contribution in [0, 0.1) is 6.92 Å². The lowest BCUT2D eigenvalue weighted by Crippen LogP contribution is -2.50. The van der Waals surface area contributed by atoms with Gasteiger partial charge in [-0.05, 0) is 31.7 Å². The summed E-state index contributed by atoms with van der Waals surface area (Å²) in [5, 5.41) is 12.9. The maximum Gasteiger partial charge on any atom is 0.178 e. The molecular weight excluding hydrogens is 408 g/mol. The number of amidine groups is 1. The molecule has 0 bridgehead atoms. The lowest BCUT2D eigenvalue weighted by atomic mass is 9.92. The van der Waals surface area contributed by atoms with E-state index in [2.05, 4.69) is 65.3 Å². The highest BCUT2D eigenvalue weighted by Crippen LogP contribution is 2.47. The van der Waals surface area contributed by atoms with Gasteiger partial charge in [-0.2, -0.15) is 0 Å². The van der Waals surface area contributed by atoms with Crippen molar-refractivity contribution in [2.45, 2.75) is 37.2 Å². The smallest absolute Gasteiger partial charge is 0.178 e. The number of thioether (sulfide) groups is 1. The lowest BCUT2D eigenvalue weighted by Gasteiger charge is -2.39. The van der Waals surface area contributed by atoms with Gasteiger partial charge >= 0.3 is 0 Å². The summed E-state index contributed by atoms with van der Waals surface area (Å²) in [6.45, 7) is 3.82. The van der Waals surface area contributed by atoms with Gasteiger partial charge in [-0.3, -0.25) is 4.99 Å². The van der Waals surface area contributed by atoms with E-state index in [9.17, 15) is 5.11 Å².